The number of nitrogens with two attached hydrogens (primary N) is 1. The third kappa shape index (κ3) is 2.18. The van der Waals surface area contributed by atoms with E-state index >= 15 is 0 Å². The molecule has 0 spiro atoms. The molecule has 2 rings (SSSR count). The molecule has 0 aliphatic carbocycles. The number of benzene rings is 2. The first-order valence-corrected chi connectivity index (χ1v) is 5.57. The lowest BCUT2D eigenvalue weighted by Gasteiger charge is -2.27. The largest absolute Gasteiger partial charge is 0.508 e. The molecule has 0 aromatic heterocycles. The fourth-order valence-corrected chi connectivity index (χ4v) is 1.97. The predicted octanol–water partition coefficient (Wildman–Crippen LogP) is 3.74. The first kappa shape index (κ1) is 14.5. The number of halogens is 5. The summed E-state index contributed by atoms with van der Waals surface area (Å²) in [5, 5.41) is 10.1. The van der Waals surface area contributed by atoms with E-state index in [-0.39, 0.29) is 5.39 Å². The van der Waals surface area contributed by atoms with Crippen LogP contribution in [-0.2, 0) is 0 Å². The lowest BCUT2D eigenvalue weighted by molar-refractivity contribution is -0.290. The van der Waals surface area contributed by atoms with Crippen molar-refractivity contribution in [2.75, 3.05) is 0 Å². The minimum atomic E-state index is -5.80. The van der Waals surface area contributed by atoms with Gasteiger partial charge in [0, 0.05) is 5.56 Å². The number of phenols is 1. The van der Waals surface area contributed by atoms with E-state index in [0.717, 1.165) is 6.07 Å². The van der Waals surface area contributed by atoms with E-state index in [2.05, 4.69) is 0 Å². The lowest BCUT2D eigenvalue weighted by atomic mass is 9.94. The molecule has 2 aromatic carbocycles. The zero-order valence-corrected chi connectivity index (χ0v) is 9.96. The maximum absolute atomic E-state index is 13.4. The van der Waals surface area contributed by atoms with Crippen LogP contribution < -0.4 is 5.73 Å². The van der Waals surface area contributed by atoms with Crippen LogP contribution in [0.4, 0.5) is 22.0 Å². The minimum Gasteiger partial charge on any atom is -0.508 e. The average Bonchev–Trinajstić information content (AvgIpc) is 2.36. The lowest BCUT2D eigenvalue weighted by Crippen LogP contribution is -2.45. The number of alkyl halides is 5. The van der Waals surface area contributed by atoms with E-state index in [0.29, 0.717) is 5.39 Å². The molecule has 0 saturated carbocycles. The maximum Gasteiger partial charge on any atom is 0.455 e. The molecule has 0 bridgehead atoms. The number of hydrogen-bond donors (Lipinski definition) is 2. The molecule has 20 heavy (non-hydrogen) atoms. The average molecular weight is 291 g/mol. The van der Waals surface area contributed by atoms with Crippen molar-refractivity contribution in [1.29, 1.82) is 0 Å². The SMILES string of the molecule is N[C@H](c1c(O)ccc2ccccc12)C(F)(F)C(F)(F)F. The summed E-state index contributed by atoms with van der Waals surface area (Å²) in [6, 6.07) is 5.68. The van der Waals surface area contributed by atoms with Gasteiger partial charge in [0.2, 0.25) is 0 Å². The van der Waals surface area contributed by atoms with Gasteiger partial charge in [0.1, 0.15) is 11.8 Å². The summed E-state index contributed by atoms with van der Waals surface area (Å²) in [6.07, 6.45) is -5.80. The van der Waals surface area contributed by atoms with Crippen LogP contribution in [-0.4, -0.2) is 17.2 Å². The number of phenolic OH excluding ortho intramolecular Hbond substituents is 1. The first-order chi connectivity index (χ1) is 9.16. The Bertz CT molecular complexity index is 638. The van der Waals surface area contributed by atoms with Crippen molar-refractivity contribution in [2.45, 2.75) is 18.1 Å². The van der Waals surface area contributed by atoms with Gasteiger partial charge in [-0.15, -0.1) is 0 Å². The van der Waals surface area contributed by atoms with E-state index in [1.54, 1.807) is 6.07 Å². The van der Waals surface area contributed by atoms with Gasteiger partial charge in [0.05, 0.1) is 0 Å². The highest BCUT2D eigenvalue weighted by atomic mass is 19.4. The second-order valence-electron chi connectivity index (χ2n) is 4.32. The van der Waals surface area contributed by atoms with E-state index < -0.39 is 29.5 Å². The summed E-state index contributed by atoms with van der Waals surface area (Å²) in [7, 11) is 0. The van der Waals surface area contributed by atoms with Crippen LogP contribution >= 0.6 is 0 Å². The molecule has 108 valence electrons. The molecular weight excluding hydrogens is 281 g/mol. The maximum atomic E-state index is 13.4. The molecule has 7 heteroatoms. The van der Waals surface area contributed by atoms with Crippen LogP contribution in [0.5, 0.6) is 5.75 Å². The molecule has 0 fully saturated rings. The van der Waals surface area contributed by atoms with E-state index in [9.17, 15) is 27.1 Å². The molecule has 0 aliphatic rings. The molecule has 1 atom stereocenters. The van der Waals surface area contributed by atoms with E-state index in [1.165, 1.54) is 24.3 Å². The fraction of sp³-hybridized carbons (Fsp3) is 0.231. The van der Waals surface area contributed by atoms with Gasteiger partial charge in [-0.05, 0) is 16.8 Å². The quantitative estimate of drug-likeness (QED) is 0.828. The molecule has 0 radical (unpaired) electrons. The number of fused-ring (bicyclic) bond motifs is 1. The Kier molecular flexibility index (Phi) is 3.33. The molecule has 2 aromatic rings. The first-order valence-electron chi connectivity index (χ1n) is 5.57. The van der Waals surface area contributed by atoms with Gasteiger partial charge in [-0.1, -0.05) is 30.3 Å². The fourth-order valence-electron chi connectivity index (χ4n) is 1.97. The van der Waals surface area contributed by atoms with Crippen molar-refractivity contribution in [1.82, 2.24) is 0 Å². The predicted molar refractivity (Wildman–Crippen MR) is 63.5 cm³/mol. The molecule has 0 heterocycles. The normalized spacial score (nSPS) is 14.5. The summed E-state index contributed by atoms with van der Waals surface area (Å²) >= 11 is 0. The standard InChI is InChI=1S/C13H10F5NO/c14-12(15,13(16,17)18)11(19)10-8-4-2-1-3-7(8)5-6-9(10)20/h1-6,11,20H,19H2/t11-/m1/s1. The second kappa shape index (κ2) is 4.59. The summed E-state index contributed by atoms with van der Waals surface area (Å²) in [6.45, 7) is 0. The van der Waals surface area contributed by atoms with Crippen molar-refractivity contribution < 1.29 is 27.1 Å². The van der Waals surface area contributed by atoms with Gasteiger partial charge in [-0.2, -0.15) is 22.0 Å². The Balaban J connectivity index is 2.66. The highest BCUT2D eigenvalue weighted by Gasteiger charge is 2.62. The molecule has 3 N–H and O–H groups in total. The number of hydrogen-bond acceptors (Lipinski definition) is 2. The molecular formula is C13H10F5NO. The van der Waals surface area contributed by atoms with E-state index in [4.69, 9.17) is 5.73 Å². The van der Waals surface area contributed by atoms with Gasteiger partial charge in [0.25, 0.3) is 0 Å². The van der Waals surface area contributed by atoms with Gasteiger partial charge >= 0.3 is 12.1 Å². The smallest absolute Gasteiger partial charge is 0.455 e. The van der Waals surface area contributed by atoms with Crippen LogP contribution in [0.1, 0.15) is 11.6 Å². The van der Waals surface area contributed by atoms with Crippen molar-refractivity contribution in [3.05, 3.63) is 42.0 Å². The Hall–Kier alpha value is -1.89. The highest BCUT2D eigenvalue weighted by molar-refractivity contribution is 5.88. The second-order valence-corrected chi connectivity index (χ2v) is 4.32. The summed E-state index contributed by atoms with van der Waals surface area (Å²) in [5.74, 6) is -5.84. The summed E-state index contributed by atoms with van der Waals surface area (Å²) < 4.78 is 63.9. The molecule has 0 aliphatic heterocycles. The number of aromatic hydroxyl groups is 1. The zero-order valence-electron chi connectivity index (χ0n) is 9.96. The third-order valence-electron chi connectivity index (χ3n) is 3.03. The molecule has 0 amide bonds. The topological polar surface area (TPSA) is 46.2 Å². The highest BCUT2D eigenvalue weighted by Crippen LogP contribution is 2.46. The van der Waals surface area contributed by atoms with Crippen molar-refractivity contribution in [2.24, 2.45) is 5.73 Å². The third-order valence-corrected chi connectivity index (χ3v) is 3.03. The van der Waals surface area contributed by atoms with Gasteiger partial charge in [-0.3, -0.25) is 0 Å². The van der Waals surface area contributed by atoms with Crippen LogP contribution in [0, 0.1) is 0 Å². The molecule has 0 unspecified atom stereocenters. The monoisotopic (exact) mass is 291 g/mol. The van der Waals surface area contributed by atoms with Gasteiger partial charge in [-0.25, -0.2) is 0 Å². The van der Waals surface area contributed by atoms with Crippen molar-refractivity contribution in [3.8, 4) is 5.75 Å². The minimum absolute atomic E-state index is 0.0592. The Morgan fingerprint density at radius 1 is 0.950 bits per heavy atom. The number of rotatable bonds is 2. The Morgan fingerprint density at radius 3 is 2.15 bits per heavy atom. The Labute approximate surface area is 110 Å². The Morgan fingerprint density at radius 2 is 1.55 bits per heavy atom. The van der Waals surface area contributed by atoms with Crippen molar-refractivity contribution >= 4 is 10.8 Å². The van der Waals surface area contributed by atoms with Crippen LogP contribution in [0.25, 0.3) is 10.8 Å². The van der Waals surface area contributed by atoms with E-state index in [1.807, 2.05) is 0 Å². The van der Waals surface area contributed by atoms with Crippen LogP contribution in [0.2, 0.25) is 0 Å². The molecule has 2 nitrogen and oxygen atoms in total. The summed E-state index contributed by atoms with van der Waals surface area (Å²) in [4.78, 5) is 0. The van der Waals surface area contributed by atoms with Crippen molar-refractivity contribution in [3.63, 3.8) is 0 Å². The van der Waals surface area contributed by atoms with Gasteiger partial charge in [0.15, 0.2) is 0 Å². The van der Waals surface area contributed by atoms with Crippen LogP contribution in [0.3, 0.4) is 0 Å². The summed E-state index contributed by atoms with van der Waals surface area (Å²) in [5.41, 5.74) is 4.48. The molecule has 0 saturated heterocycles. The zero-order chi connectivity index (χ0) is 15.1. The van der Waals surface area contributed by atoms with Gasteiger partial charge < -0.3 is 10.8 Å². The van der Waals surface area contributed by atoms with Crippen LogP contribution in [0.15, 0.2) is 36.4 Å².